The van der Waals surface area contributed by atoms with E-state index < -0.39 is 0 Å². The zero-order valence-electron chi connectivity index (χ0n) is 13.5. The molecule has 1 aromatic carbocycles. The van der Waals surface area contributed by atoms with Crippen molar-refractivity contribution >= 4 is 0 Å². The van der Waals surface area contributed by atoms with Crippen molar-refractivity contribution < 1.29 is 0 Å². The third-order valence-corrected chi connectivity index (χ3v) is 4.22. The standard InChI is InChI=1S/C18H32N2/c1-16(2)18(11-13-19)10-7-14-20(3)15-12-17-8-5-4-6-9-17/h4-6,8-9,16,18H,7,10-15,19H2,1-3H3. The Labute approximate surface area is 125 Å². The summed E-state index contributed by atoms with van der Waals surface area (Å²) in [5.74, 6) is 1.55. The summed E-state index contributed by atoms with van der Waals surface area (Å²) >= 11 is 0. The average Bonchev–Trinajstić information content (AvgIpc) is 2.45. The molecule has 2 N–H and O–H groups in total. The zero-order valence-corrected chi connectivity index (χ0v) is 13.5. The van der Waals surface area contributed by atoms with Crippen LogP contribution in [0.5, 0.6) is 0 Å². The summed E-state index contributed by atoms with van der Waals surface area (Å²) in [6.07, 6.45) is 4.91. The first-order valence-corrected chi connectivity index (χ1v) is 8.06. The highest BCUT2D eigenvalue weighted by molar-refractivity contribution is 5.14. The van der Waals surface area contributed by atoms with E-state index in [1.165, 1.54) is 31.4 Å². The molecular formula is C18H32N2. The quantitative estimate of drug-likeness (QED) is 0.708. The lowest BCUT2D eigenvalue weighted by Gasteiger charge is -2.22. The van der Waals surface area contributed by atoms with Crippen molar-refractivity contribution in [3.05, 3.63) is 35.9 Å². The Morgan fingerprint density at radius 3 is 2.35 bits per heavy atom. The molecule has 1 rings (SSSR count). The smallest absolute Gasteiger partial charge is 0.00188 e. The van der Waals surface area contributed by atoms with Crippen LogP contribution >= 0.6 is 0 Å². The fourth-order valence-corrected chi connectivity index (χ4v) is 2.72. The van der Waals surface area contributed by atoms with Gasteiger partial charge in [-0.25, -0.2) is 0 Å². The first-order valence-electron chi connectivity index (χ1n) is 8.06. The van der Waals surface area contributed by atoms with Crippen LogP contribution in [0.2, 0.25) is 0 Å². The van der Waals surface area contributed by atoms with Crippen LogP contribution in [0.1, 0.15) is 38.7 Å². The lowest BCUT2D eigenvalue weighted by atomic mass is 9.88. The van der Waals surface area contributed by atoms with Gasteiger partial charge in [-0.2, -0.15) is 0 Å². The van der Waals surface area contributed by atoms with E-state index in [1.807, 2.05) is 0 Å². The SMILES string of the molecule is CC(C)C(CCN)CCCN(C)CCc1ccccc1. The van der Waals surface area contributed by atoms with Crippen LogP contribution in [0.15, 0.2) is 30.3 Å². The van der Waals surface area contributed by atoms with Gasteiger partial charge in [0.25, 0.3) is 0 Å². The normalized spacial score (nSPS) is 13.1. The lowest BCUT2D eigenvalue weighted by molar-refractivity contribution is 0.284. The maximum absolute atomic E-state index is 5.70. The minimum absolute atomic E-state index is 0.758. The molecule has 114 valence electrons. The van der Waals surface area contributed by atoms with E-state index in [-0.39, 0.29) is 0 Å². The third-order valence-electron chi connectivity index (χ3n) is 4.22. The van der Waals surface area contributed by atoms with Crippen LogP contribution in [-0.4, -0.2) is 31.6 Å². The van der Waals surface area contributed by atoms with Gasteiger partial charge in [0.05, 0.1) is 0 Å². The number of likely N-dealkylation sites (N-methyl/N-ethyl adjacent to an activating group) is 1. The Morgan fingerprint density at radius 2 is 1.75 bits per heavy atom. The number of nitrogens with zero attached hydrogens (tertiary/aromatic N) is 1. The topological polar surface area (TPSA) is 29.3 Å². The van der Waals surface area contributed by atoms with Crippen molar-refractivity contribution in [2.24, 2.45) is 17.6 Å². The highest BCUT2D eigenvalue weighted by Crippen LogP contribution is 2.20. The molecule has 0 amide bonds. The van der Waals surface area contributed by atoms with Crippen molar-refractivity contribution in [3.63, 3.8) is 0 Å². The molecule has 0 spiro atoms. The first kappa shape index (κ1) is 17.2. The molecule has 0 radical (unpaired) electrons. The second-order valence-corrected chi connectivity index (χ2v) is 6.26. The highest BCUT2D eigenvalue weighted by atomic mass is 15.1. The van der Waals surface area contributed by atoms with Crippen molar-refractivity contribution in [1.29, 1.82) is 0 Å². The molecule has 1 atom stereocenters. The molecule has 0 aliphatic heterocycles. The Bertz CT molecular complexity index is 335. The molecule has 0 heterocycles. The predicted octanol–water partition coefficient (Wildman–Crippen LogP) is 3.56. The monoisotopic (exact) mass is 276 g/mol. The second kappa shape index (κ2) is 9.95. The lowest BCUT2D eigenvalue weighted by Crippen LogP contribution is -2.24. The Morgan fingerprint density at radius 1 is 1.05 bits per heavy atom. The summed E-state index contributed by atoms with van der Waals surface area (Å²) < 4.78 is 0. The summed E-state index contributed by atoms with van der Waals surface area (Å²) in [6.45, 7) is 7.81. The van der Waals surface area contributed by atoms with Crippen molar-refractivity contribution in [3.8, 4) is 0 Å². The predicted molar refractivity (Wildman–Crippen MR) is 88.9 cm³/mol. The summed E-state index contributed by atoms with van der Waals surface area (Å²) in [5.41, 5.74) is 7.13. The van der Waals surface area contributed by atoms with Crippen LogP contribution in [0.4, 0.5) is 0 Å². The van der Waals surface area contributed by atoms with Crippen LogP contribution in [-0.2, 0) is 6.42 Å². The number of benzene rings is 1. The van der Waals surface area contributed by atoms with Gasteiger partial charge >= 0.3 is 0 Å². The Kier molecular flexibility index (Phi) is 8.56. The Balaban J connectivity index is 2.17. The number of nitrogens with two attached hydrogens (primary N) is 1. The van der Waals surface area contributed by atoms with Crippen LogP contribution in [0.3, 0.4) is 0 Å². The van der Waals surface area contributed by atoms with Gasteiger partial charge in [-0.3, -0.25) is 0 Å². The Hall–Kier alpha value is -0.860. The van der Waals surface area contributed by atoms with E-state index in [4.69, 9.17) is 5.73 Å². The first-order chi connectivity index (χ1) is 9.63. The molecule has 0 fully saturated rings. The zero-order chi connectivity index (χ0) is 14.8. The summed E-state index contributed by atoms with van der Waals surface area (Å²) in [4.78, 5) is 2.45. The molecule has 2 heteroatoms. The molecule has 0 aliphatic carbocycles. The summed E-state index contributed by atoms with van der Waals surface area (Å²) in [6, 6.07) is 10.7. The molecule has 1 unspecified atom stereocenters. The van der Waals surface area contributed by atoms with Gasteiger partial charge in [0, 0.05) is 6.54 Å². The van der Waals surface area contributed by atoms with Gasteiger partial charge in [0.1, 0.15) is 0 Å². The molecule has 0 aliphatic rings. The summed E-state index contributed by atoms with van der Waals surface area (Å²) in [5, 5.41) is 0. The molecule has 0 saturated heterocycles. The fraction of sp³-hybridized carbons (Fsp3) is 0.667. The molecule has 1 aromatic rings. The van der Waals surface area contributed by atoms with Crippen molar-refractivity contribution in [2.75, 3.05) is 26.7 Å². The van der Waals surface area contributed by atoms with Crippen LogP contribution < -0.4 is 5.73 Å². The van der Waals surface area contributed by atoms with Gasteiger partial charge in [-0.15, -0.1) is 0 Å². The fourth-order valence-electron chi connectivity index (χ4n) is 2.72. The molecular weight excluding hydrogens is 244 g/mol. The number of hydrogen-bond donors (Lipinski definition) is 1. The van der Waals surface area contributed by atoms with E-state index in [0.29, 0.717) is 0 Å². The largest absolute Gasteiger partial charge is 0.330 e. The van der Waals surface area contributed by atoms with E-state index in [0.717, 1.165) is 31.3 Å². The number of rotatable bonds is 10. The molecule has 0 saturated carbocycles. The van der Waals surface area contributed by atoms with E-state index in [1.54, 1.807) is 0 Å². The van der Waals surface area contributed by atoms with Crippen molar-refractivity contribution in [1.82, 2.24) is 4.90 Å². The van der Waals surface area contributed by atoms with E-state index >= 15 is 0 Å². The third kappa shape index (κ3) is 7.06. The van der Waals surface area contributed by atoms with Gasteiger partial charge in [0.2, 0.25) is 0 Å². The van der Waals surface area contributed by atoms with Crippen LogP contribution in [0, 0.1) is 11.8 Å². The molecule has 0 aromatic heterocycles. The molecule has 0 bridgehead atoms. The van der Waals surface area contributed by atoms with Gasteiger partial charge in [-0.05, 0) is 63.2 Å². The minimum atomic E-state index is 0.758. The summed E-state index contributed by atoms with van der Waals surface area (Å²) in [7, 11) is 2.23. The average molecular weight is 276 g/mol. The van der Waals surface area contributed by atoms with Gasteiger partial charge in [-0.1, -0.05) is 44.2 Å². The minimum Gasteiger partial charge on any atom is -0.330 e. The molecule has 2 nitrogen and oxygen atoms in total. The number of hydrogen-bond acceptors (Lipinski definition) is 2. The maximum atomic E-state index is 5.70. The van der Waals surface area contributed by atoms with Gasteiger partial charge in [0.15, 0.2) is 0 Å². The highest BCUT2D eigenvalue weighted by Gasteiger charge is 2.12. The maximum Gasteiger partial charge on any atom is 0.00188 e. The van der Waals surface area contributed by atoms with E-state index in [9.17, 15) is 0 Å². The van der Waals surface area contributed by atoms with Crippen molar-refractivity contribution in [2.45, 2.75) is 39.5 Å². The second-order valence-electron chi connectivity index (χ2n) is 6.26. The van der Waals surface area contributed by atoms with Gasteiger partial charge < -0.3 is 10.6 Å². The van der Waals surface area contributed by atoms with Crippen LogP contribution in [0.25, 0.3) is 0 Å². The molecule has 20 heavy (non-hydrogen) atoms. The van der Waals surface area contributed by atoms with E-state index in [2.05, 4.69) is 56.1 Å².